The lowest BCUT2D eigenvalue weighted by Crippen LogP contribution is -1.95. The van der Waals surface area contributed by atoms with E-state index in [9.17, 15) is 0 Å². The Morgan fingerprint density at radius 1 is 0.889 bits per heavy atom. The van der Waals surface area contributed by atoms with Gasteiger partial charge in [-0.2, -0.15) is 0 Å². The topological polar surface area (TPSA) is 9.23 Å². The van der Waals surface area contributed by atoms with Crippen LogP contribution < -0.4 is 4.74 Å². The molecule has 0 saturated carbocycles. The first-order valence-corrected chi connectivity index (χ1v) is 6.69. The highest BCUT2D eigenvalue weighted by Crippen LogP contribution is 2.23. The van der Waals surface area contributed by atoms with E-state index in [4.69, 9.17) is 39.5 Å². The fourth-order valence-corrected chi connectivity index (χ4v) is 2.00. The van der Waals surface area contributed by atoms with Crippen molar-refractivity contribution in [2.75, 3.05) is 0 Å². The van der Waals surface area contributed by atoms with Crippen molar-refractivity contribution in [3.05, 3.63) is 63.6 Å². The van der Waals surface area contributed by atoms with Crippen LogP contribution in [0.4, 0.5) is 0 Å². The molecule has 2 aromatic rings. The lowest BCUT2D eigenvalue weighted by Gasteiger charge is -2.08. The largest absolute Gasteiger partial charge is 0.489 e. The minimum atomic E-state index is 0.447. The van der Waals surface area contributed by atoms with Gasteiger partial charge in [-0.05, 0) is 35.4 Å². The second-order valence-electron chi connectivity index (χ2n) is 3.82. The van der Waals surface area contributed by atoms with Gasteiger partial charge >= 0.3 is 0 Å². The maximum absolute atomic E-state index is 5.94. The Labute approximate surface area is 121 Å². The molecule has 2 aromatic carbocycles. The van der Waals surface area contributed by atoms with Crippen LogP contribution in [0.25, 0.3) is 0 Å². The van der Waals surface area contributed by atoms with E-state index in [0.717, 1.165) is 16.9 Å². The van der Waals surface area contributed by atoms with Crippen LogP contribution in [0.3, 0.4) is 0 Å². The Hall–Kier alpha value is -0.890. The number of ether oxygens (including phenoxy) is 1. The van der Waals surface area contributed by atoms with E-state index in [1.165, 1.54) is 0 Å². The van der Waals surface area contributed by atoms with Gasteiger partial charge in [0.15, 0.2) is 0 Å². The number of hydrogen-bond donors (Lipinski definition) is 0. The van der Waals surface area contributed by atoms with Gasteiger partial charge in [0.25, 0.3) is 0 Å². The summed E-state index contributed by atoms with van der Waals surface area (Å²) in [6, 6.07) is 13.1. The van der Waals surface area contributed by atoms with Crippen molar-refractivity contribution in [1.29, 1.82) is 0 Å². The van der Waals surface area contributed by atoms with E-state index in [1.807, 2.05) is 30.3 Å². The van der Waals surface area contributed by atoms with Crippen molar-refractivity contribution in [3.63, 3.8) is 0 Å². The van der Waals surface area contributed by atoms with Gasteiger partial charge in [0.2, 0.25) is 0 Å². The molecule has 0 aliphatic rings. The lowest BCUT2D eigenvalue weighted by atomic mass is 10.2. The van der Waals surface area contributed by atoms with Gasteiger partial charge in [-0.15, -0.1) is 11.6 Å². The smallest absolute Gasteiger partial charge is 0.120 e. The first kappa shape index (κ1) is 13.5. The molecule has 0 aliphatic carbocycles. The van der Waals surface area contributed by atoms with E-state index in [0.29, 0.717) is 22.5 Å². The molecule has 0 saturated heterocycles. The zero-order valence-corrected chi connectivity index (χ0v) is 11.8. The standard InChI is InChI=1S/C14H11Cl3O/c15-8-10-2-1-3-12(6-10)18-9-11-4-5-13(16)14(17)7-11/h1-7H,8-9H2. The summed E-state index contributed by atoms with van der Waals surface area (Å²) in [4.78, 5) is 0. The molecule has 0 spiro atoms. The molecule has 0 heterocycles. The van der Waals surface area contributed by atoms with Gasteiger partial charge in [-0.3, -0.25) is 0 Å². The maximum Gasteiger partial charge on any atom is 0.120 e. The third-order valence-corrected chi connectivity index (χ3v) is 3.49. The molecule has 0 bridgehead atoms. The Balaban J connectivity index is 2.04. The summed E-state index contributed by atoms with van der Waals surface area (Å²) in [5.41, 5.74) is 2.00. The Bertz CT molecular complexity index is 540. The van der Waals surface area contributed by atoms with E-state index < -0.39 is 0 Å². The van der Waals surface area contributed by atoms with Crippen LogP contribution in [0.15, 0.2) is 42.5 Å². The summed E-state index contributed by atoms with van der Waals surface area (Å²) in [6.45, 7) is 0.447. The third-order valence-electron chi connectivity index (χ3n) is 2.44. The first-order chi connectivity index (χ1) is 8.69. The van der Waals surface area contributed by atoms with Crippen LogP contribution in [0.5, 0.6) is 5.75 Å². The van der Waals surface area contributed by atoms with Gasteiger partial charge in [0, 0.05) is 5.88 Å². The molecule has 18 heavy (non-hydrogen) atoms. The average Bonchev–Trinajstić information content (AvgIpc) is 2.40. The third kappa shape index (κ3) is 3.55. The summed E-state index contributed by atoms with van der Waals surface area (Å²) in [6.07, 6.45) is 0. The van der Waals surface area contributed by atoms with E-state index >= 15 is 0 Å². The van der Waals surface area contributed by atoms with E-state index in [2.05, 4.69) is 0 Å². The number of alkyl halides is 1. The van der Waals surface area contributed by atoms with Gasteiger partial charge < -0.3 is 4.74 Å². The molecule has 0 aromatic heterocycles. The fraction of sp³-hybridized carbons (Fsp3) is 0.143. The summed E-state index contributed by atoms with van der Waals surface area (Å²) in [5, 5.41) is 1.08. The van der Waals surface area contributed by atoms with Crippen molar-refractivity contribution in [1.82, 2.24) is 0 Å². The minimum absolute atomic E-state index is 0.447. The number of halogens is 3. The molecule has 94 valence electrons. The lowest BCUT2D eigenvalue weighted by molar-refractivity contribution is 0.306. The van der Waals surface area contributed by atoms with Crippen LogP contribution in [-0.2, 0) is 12.5 Å². The summed E-state index contributed by atoms with van der Waals surface area (Å²) in [7, 11) is 0. The van der Waals surface area contributed by atoms with Gasteiger partial charge in [-0.25, -0.2) is 0 Å². The number of hydrogen-bond acceptors (Lipinski definition) is 1. The molecule has 1 nitrogen and oxygen atoms in total. The average molecular weight is 302 g/mol. The predicted molar refractivity (Wildman–Crippen MR) is 76.8 cm³/mol. The van der Waals surface area contributed by atoms with Crippen LogP contribution in [0.2, 0.25) is 10.0 Å². The van der Waals surface area contributed by atoms with Gasteiger partial charge in [0.05, 0.1) is 10.0 Å². The minimum Gasteiger partial charge on any atom is -0.489 e. The predicted octanol–water partition coefficient (Wildman–Crippen LogP) is 5.31. The Morgan fingerprint density at radius 3 is 2.44 bits per heavy atom. The van der Waals surface area contributed by atoms with Crippen molar-refractivity contribution in [2.24, 2.45) is 0 Å². The molecule has 0 fully saturated rings. The monoisotopic (exact) mass is 300 g/mol. The van der Waals surface area contributed by atoms with Crippen molar-refractivity contribution < 1.29 is 4.74 Å². The Morgan fingerprint density at radius 2 is 1.72 bits per heavy atom. The fourth-order valence-electron chi connectivity index (χ4n) is 1.51. The van der Waals surface area contributed by atoms with Crippen LogP contribution in [0.1, 0.15) is 11.1 Å². The molecule has 0 amide bonds. The molecule has 0 atom stereocenters. The van der Waals surface area contributed by atoms with Crippen LogP contribution >= 0.6 is 34.8 Å². The highest BCUT2D eigenvalue weighted by Gasteiger charge is 2.01. The SMILES string of the molecule is ClCc1cccc(OCc2ccc(Cl)c(Cl)c2)c1. The first-order valence-electron chi connectivity index (χ1n) is 5.40. The molecular formula is C14H11Cl3O. The Kier molecular flexibility index (Phi) is 4.76. The highest BCUT2D eigenvalue weighted by atomic mass is 35.5. The molecule has 0 N–H and O–H groups in total. The second-order valence-corrected chi connectivity index (χ2v) is 4.90. The summed E-state index contributed by atoms with van der Waals surface area (Å²) >= 11 is 17.6. The normalized spacial score (nSPS) is 10.4. The molecule has 0 radical (unpaired) electrons. The quantitative estimate of drug-likeness (QED) is 0.695. The van der Waals surface area contributed by atoms with Crippen LogP contribution in [-0.4, -0.2) is 0 Å². The van der Waals surface area contributed by atoms with Crippen molar-refractivity contribution >= 4 is 34.8 Å². The molecular weight excluding hydrogens is 291 g/mol. The summed E-state index contributed by atoms with van der Waals surface area (Å²) in [5.74, 6) is 1.27. The van der Waals surface area contributed by atoms with Crippen molar-refractivity contribution in [3.8, 4) is 5.75 Å². The maximum atomic E-state index is 5.94. The van der Waals surface area contributed by atoms with E-state index in [-0.39, 0.29) is 0 Å². The highest BCUT2D eigenvalue weighted by molar-refractivity contribution is 6.42. The van der Waals surface area contributed by atoms with Gasteiger partial charge in [-0.1, -0.05) is 41.4 Å². The second kappa shape index (κ2) is 6.33. The number of benzene rings is 2. The molecule has 2 rings (SSSR count). The molecule has 0 aliphatic heterocycles. The summed E-state index contributed by atoms with van der Waals surface area (Å²) < 4.78 is 5.67. The van der Waals surface area contributed by atoms with Crippen molar-refractivity contribution in [2.45, 2.75) is 12.5 Å². The van der Waals surface area contributed by atoms with E-state index in [1.54, 1.807) is 12.1 Å². The number of rotatable bonds is 4. The van der Waals surface area contributed by atoms with Gasteiger partial charge in [0.1, 0.15) is 12.4 Å². The molecule has 4 heteroatoms. The molecule has 0 unspecified atom stereocenters. The zero-order valence-electron chi connectivity index (χ0n) is 9.50. The zero-order chi connectivity index (χ0) is 13.0. The van der Waals surface area contributed by atoms with Crippen LogP contribution in [0, 0.1) is 0 Å².